The lowest BCUT2D eigenvalue weighted by molar-refractivity contribution is -0.142. The molecule has 0 spiro atoms. The van der Waals surface area contributed by atoms with Crippen molar-refractivity contribution < 1.29 is 24.2 Å². The first-order valence-corrected chi connectivity index (χ1v) is 7.78. The van der Waals surface area contributed by atoms with E-state index in [-0.39, 0.29) is 0 Å². The predicted octanol–water partition coefficient (Wildman–Crippen LogP) is 2.90. The second-order valence-corrected chi connectivity index (χ2v) is 5.59. The van der Waals surface area contributed by atoms with Gasteiger partial charge in [-0.1, -0.05) is 30.3 Å². The zero-order chi connectivity index (χ0) is 18.4. The van der Waals surface area contributed by atoms with Gasteiger partial charge in [0.25, 0.3) is 5.91 Å². The molecule has 0 saturated heterocycles. The number of benzene rings is 2. The highest BCUT2D eigenvalue weighted by Crippen LogP contribution is 2.25. The summed E-state index contributed by atoms with van der Waals surface area (Å²) >= 11 is 0. The Hall–Kier alpha value is -3.02. The van der Waals surface area contributed by atoms with Crippen molar-refractivity contribution in [2.24, 2.45) is 5.92 Å². The topological polar surface area (TPSA) is 84.9 Å². The van der Waals surface area contributed by atoms with E-state index in [2.05, 4.69) is 5.32 Å². The summed E-state index contributed by atoms with van der Waals surface area (Å²) in [5.41, 5.74) is 1.05. The first kappa shape index (κ1) is 18.3. The number of hydrogen-bond donors (Lipinski definition) is 2. The fourth-order valence-electron chi connectivity index (χ4n) is 2.46. The van der Waals surface area contributed by atoms with Crippen LogP contribution in [0.25, 0.3) is 0 Å². The van der Waals surface area contributed by atoms with Gasteiger partial charge >= 0.3 is 5.97 Å². The molecule has 0 radical (unpaired) electrons. The molecule has 0 saturated carbocycles. The first-order chi connectivity index (χ1) is 12.0. The maximum absolute atomic E-state index is 12.7. The lowest BCUT2D eigenvalue weighted by Crippen LogP contribution is -2.35. The summed E-state index contributed by atoms with van der Waals surface area (Å²) in [6, 6.07) is 13.2. The van der Waals surface area contributed by atoms with Crippen molar-refractivity contribution in [3.05, 3.63) is 59.7 Å². The van der Waals surface area contributed by atoms with E-state index in [1.54, 1.807) is 49.4 Å². The Bertz CT molecular complexity index is 722. The van der Waals surface area contributed by atoms with Gasteiger partial charge in [-0.25, -0.2) is 0 Å². The van der Waals surface area contributed by atoms with Crippen LogP contribution in [0.5, 0.6) is 11.5 Å². The van der Waals surface area contributed by atoms with Crippen LogP contribution in [0.2, 0.25) is 0 Å². The molecule has 2 unspecified atom stereocenters. The third-order valence-electron chi connectivity index (χ3n) is 3.95. The van der Waals surface area contributed by atoms with Crippen LogP contribution in [0.1, 0.15) is 28.9 Å². The van der Waals surface area contributed by atoms with Gasteiger partial charge in [-0.2, -0.15) is 0 Å². The standard InChI is InChI=1S/C19H21NO5/c1-12(19(22)23)17(13-7-5-4-6-8-13)20-18(21)14-9-15(24-2)11-16(10-14)25-3/h4-12,17H,1-3H3,(H,20,21)(H,22,23). The first-order valence-electron chi connectivity index (χ1n) is 7.78. The smallest absolute Gasteiger partial charge is 0.308 e. The number of carboxylic acid groups (broad SMARTS) is 1. The van der Waals surface area contributed by atoms with Crippen LogP contribution in [0, 0.1) is 5.92 Å². The highest BCUT2D eigenvalue weighted by atomic mass is 16.5. The van der Waals surface area contributed by atoms with Crippen molar-refractivity contribution in [3.8, 4) is 11.5 Å². The Kier molecular flexibility index (Phi) is 6.00. The number of carboxylic acids is 1. The molecule has 0 aliphatic carbocycles. The van der Waals surface area contributed by atoms with E-state index < -0.39 is 23.8 Å². The monoisotopic (exact) mass is 343 g/mol. The zero-order valence-corrected chi connectivity index (χ0v) is 14.4. The maximum Gasteiger partial charge on any atom is 0.308 e. The Morgan fingerprint density at radius 3 is 2.04 bits per heavy atom. The minimum absolute atomic E-state index is 0.328. The summed E-state index contributed by atoms with van der Waals surface area (Å²) in [6.07, 6.45) is 0. The van der Waals surface area contributed by atoms with Gasteiger partial charge in [-0.3, -0.25) is 9.59 Å². The summed E-state index contributed by atoms with van der Waals surface area (Å²) in [6.45, 7) is 1.56. The number of rotatable bonds is 7. The number of carbonyl (C=O) groups is 2. The highest BCUT2D eigenvalue weighted by molar-refractivity contribution is 5.95. The molecule has 0 aliphatic rings. The van der Waals surface area contributed by atoms with Crippen LogP contribution in [0.15, 0.2) is 48.5 Å². The van der Waals surface area contributed by atoms with Crippen molar-refractivity contribution in [3.63, 3.8) is 0 Å². The molecule has 0 fully saturated rings. The third-order valence-corrected chi connectivity index (χ3v) is 3.95. The molecule has 1 amide bonds. The zero-order valence-electron chi connectivity index (χ0n) is 14.4. The molecule has 0 bridgehead atoms. The van der Waals surface area contributed by atoms with Gasteiger partial charge in [0.15, 0.2) is 0 Å². The number of carbonyl (C=O) groups excluding carboxylic acids is 1. The minimum Gasteiger partial charge on any atom is -0.497 e. The highest BCUT2D eigenvalue weighted by Gasteiger charge is 2.27. The second-order valence-electron chi connectivity index (χ2n) is 5.59. The van der Waals surface area contributed by atoms with Crippen LogP contribution < -0.4 is 14.8 Å². The van der Waals surface area contributed by atoms with Gasteiger partial charge in [-0.15, -0.1) is 0 Å². The minimum atomic E-state index is -0.989. The molecule has 2 N–H and O–H groups in total. The Morgan fingerprint density at radius 1 is 1.00 bits per heavy atom. The molecule has 0 aliphatic heterocycles. The van der Waals surface area contributed by atoms with E-state index in [1.807, 2.05) is 6.07 Å². The summed E-state index contributed by atoms with van der Waals surface area (Å²) in [5.74, 6) is -1.23. The van der Waals surface area contributed by atoms with Crippen molar-refractivity contribution >= 4 is 11.9 Å². The lowest BCUT2D eigenvalue weighted by Gasteiger charge is -2.23. The van der Waals surface area contributed by atoms with Gasteiger partial charge in [0.05, 0.1) is 26.2 Å². The number of amides is 1. The van der Waals surface area contributed by atoms with Gasteiger partial charge in [0, 0.05) is 11.6 Å². The van der Waals surface area contributed by atoms with E-state index in [4.69, 9.17) is 9.47 Å². The molecule has 0 aromatic heterocycles. The molecule has 0 heterocycles. The van der Waals surface area contributed by atoms with Crippen LogP contribution in [0.3, 0.4) is 0 Å². The summed E-state index contributed by atoms with van der Waals surface area (Å²) in [7, 11) is 2.99. The quantitative estimate of drug-likeness (QED) is 0.807. The third kappa shape index (κ3) is 4.50. The number of nitrogens with one attached hydrogen (secondary N) is 1. The van der Waals surface area contributed by atoms with Crippen molar-refractivity contribution in [1.29, 1.82) is 0 Å². The normalized spacial score (nSPS) is 12.8. The van der Waals surface area contributed by atoms with E-state index in [0.29, 0.717) is 17.1 Å². The molecule has 25 heavy (non-hydrogen) atoms. The average molecular weight is 343 g/mol. The van der Waals surface area contributed by atoms with Crippen molar-refractivity contribution in [2.45, 2.75) is 13.0 Å². The van der Waals surface area contributed by atoms with Crippen LogP contribution in [-0.4, -0.2) is 31.2 Å². The largest absolute Gasteiger partial charge is 0.497 e. The van der Waals surface area contributed by atoms with E-state index in [9.17, 15) is 14.7 Å². The van der Waals surface area contributed by atoms with Crippen LogP contribution >= 0.6 is 0 Å². The maximum atomic E-state index is 12.7. The van der Waals surface area contributed by atoms with Gasteiger partial charge in [0.2, 0.25) is 0 Å². The van der Waals surface area contributed by atoms with Crippen LogP contribution in [0.4, 0.5) is 0 Å². The summed E-state index contributed by atoms with van der Waals surface area (Å²) < 4.78 is 10.3. The number of hydrogen-bond acceptors (Lipinski definition) is 4. The molecule has 6 heteroatoms. The lowest BCUT2D eigenvalue weighted by atomic mass is 9.94. The van der Waals surface area contributed by atoms with E-state index in [0.717, 1.165) is 5.56 Å². The van der Waals surface area contributed by atoms with Gasteiger partial charge < -0.3 is 19.9 Å². The predicted molar refractivity (Wildman–Crippen MR) is 93.0 cm³/mol. The molecule has 132 valence electrons. The molecule has 2 aromatic rings. The van der Waals surface area contributed by atoms with Crippen molar-refractivity contribution in [1.82, 2.24) is 5.32 Å². The summed E-state index contributed by atoms with van der Waals surface area (Å²) in [5, 5.41) is 12.2. The molecular formula is C19H21NO5. The fraction of sp³-hybridized carbons (Fsp3) is 0.263. The average Bonchev–Trinajstić information content (AvgIpc) is 2.65. The van der Waals surface area contributed by atoms with Crippen LogP contribution in [-0.2, 0) is 4.79 Å². The van der Waals surface area contributed by atoms with Gasteiger partial charge in [-0.05, 0) is 24.6 Å². The van der Waals surface area contributed by atoms with E-state index in [1.165, 1.54) is 14.2 Å². The Balaban J connectivity index is 2.32. The van der Waals surface area contributed by atoms with Crippen molar-refractivity contribution in [2.75, 3.05) is 14.2 Å². The molecule has 2 atom stereocenters. The van der Waals surface area contributed by atoms with Gasteiger partial charge in [0.1, 0.15) is 11.5 Å². The second kappa shape index (κ2) is 8.19. The fourth-order valence-corrected chi connectivity index (χ4v) is 2.46. The summed E-state index contributed by atoms with van der Waals surface area (Å²) in [4.78, 5) is 24.1. The Morgan fingerprint density at radius 2 is 1.56 bits per heavy atom. The number of methoxy groups -OCH3 is 2. The molecular weight excluding hydrogens is 322 g/mol. The SMILES string of the molecule is COc1cc(OC)cc(C(=O)NC(c2ccccc2)C(C)C(=O)O)c1. The number of aliphatic carboxylic acids is 1. The van der Waals surface area contributed by atoms with E-state index >= 15 is 0 Å². The molecule has 6 nitrogen and oxygen atoms in total. The molecule has 2 aromatic carbocycles. The molecule has 2 rings (SSSR count). The Labute approximate surface area is 146 Å². The number of ether oxygens (including phenoxy) is 2.